The summed E-state index contributed by atoms with van der Waals surface area (Å²) in [5.41, 5.74) is 2.45. The number of allylic oxidation sites excluding steroid dienone is 2. The van der Waals surface area contributed by atoms with Crippen LogP contribution in [0.5, 0.6) is 0 Å². The van der Waals surface area contributed by atoms with Gasteiger partial charge >= 0.3 is 0 Å². The lowest BCUT2D eigenvalue weighted by Crippen LogP contribution is -2.30. The van der Waals surface area contributed by atoms with Crippen LogP contribution >= 0.6 is 0 Å². The molecule has 0 amide bonds. The van der Waals surface area contributed by atoms with Crippen LogP contribution in [0.2, 0.25) is 0 Å². The van der Waals surface area contributed by atoms with E-state index in [9.17, 15) is 9.59 Å². The number of Topliss-reactive ketones (excluding diaryl/α,β-unsaturated/α-hetero) is 2. The predicted molar refractivity (Wildman–Crippen MR) is 81.9 cm³/mol. The lowest BCUT2D eigenvalue weighted by atomic mass is 9.79. The van der Waals surface area contributed by atoms with Crippen molar-refractivity contribution in [1.29, 1.82) is 0 Å². The Morgan fingerprint density at radius 1 is 1.00 bits per heavy atom. The van der Waals surface area contributed by atoms with E-state index in [1.807, 2.05) is 37.3 Å². The van der Waals surface area contributed by atoms with Crippen molar-refractivity contribution in [3.63, 3.8) is 0 Å². The standard InChI is InChI=1S/C18H21NO2/c1-13(19-9-5-6-10-19)18-16(20)11-15(12-17(18)21)14-7-3-2-4-8-14/h2-4,7-8,15H,5-6,9-12H2,1H3. The minimum absolute atomic E-state index is 0.0181. The number of rotatable bonds is 2. The summed E-state index contributed by atoms with van der Waals surface area (Å²) in [6.45, 7) is 3.87. The minimum atomic E-state index is 0.0181. The van der Waals surface area contributed by atoms with Crippen molar-refractivity contribution in [3.8, 4) is 0 Å². The molecular weight excluding hydrogens is 262 g/mol. The first kappa shape index (κ1) is 14.1. The summed E-state index contributed by atoms with van der Waals surface area (Å²) in [7, 11) is 0. The fourth-order valence-corrected chi connectivity index (χ4v) is 3.45. The van der Waals surface area contributed by atoms with Gasteiger partial charge in [0.25, 0.3) is 0 Å². The largest absolute Gasteiger partial charge is 0.374 e. The molecule has 0 atom stereocenters. The van der Waals surface area contributed by atoms with Gasteiger partial charge in [0.05, 0.1) is 5.57 Å². The SMILES string of the molecule is CC(=C1C(=O)CC(c2ccccc2)CC1=O)N1CCCC1. The van der Waals surface area contributed by atoms with Crippen molar-refractivity contribution < 1.29 is 9.59 Å². The number of ketones is 2. The van der Waals surface area contributed by atoms with E-state index in [0.29, 0.717) is 18.4 Å². The molecule has 1 saturated heterocycles. The van der Waals surface area contributed by atoms with Gasteiger partial charge in [0.2, 0.25) is 0 Å². The van der Waals surface area contributed by atoms with Crippen LogP contribution in [0.1, 0.15) is 44.1 Å². The Morgan fingerprint density at radius 2 is 1.57 bits per heavy atom. The van der Waals surface area contributed by atoms with E-state index < -0.39 is 0 Å². The molecule has 2 aliphatic rings. The minimum Gasteiger partial charge on any atom is -0.374 e. The number of benzene rings is 1. The van der Waals surface area contributed by atoms with E-state index in [4.69, 9.17) is 0 Å². The van der Waals surface area contributed by atoms with Gasteiger partial charge in [-0.15, -0.1) is 0 Å². The van der Waals surface area contributed by atoms with Crippen LogP contribution in [-0.2, 0) is 9.59 Å². The van der Waals surface area contributed by atoms with Crippen LogP contribution in [0.15, 0.2) is 41.6 Å². The van der Waals surface area contributed by atoms with E-state index in [2.05, 4.69) is 4.90 Å². The molecule has 0 unspecified atom stereocenters. The van der Waals surface area contributed by atoms with Crippen LogP contribution in [0, 0.1) is 0 Å². The van der Waals surface area contributed by atoms with Crippen LogP contribution in [0.4, 0.5) is 0 Å². The monoisotopic (exact) mass is 283 g/mol. The molecule has 2 fully saturated rings. The van der Waals surface area contributed by atoms with Crippen molar-refractivity contribution >= 4 is 11.6 Å². The van der Waals surface area contributed by atoms with Crippen molar-refractivity contribution in [3.05, 3.63) is 47.2 Å². The Morgan fingerprint density at radius 3 is 2.14 bits per heavy atom. The number of carbonyl (C=O) groups excluding carboxylic acids is 2. The Balaban J connectivity index is 1.83. The topological polar surface area (TPSA) is 37.4 Å². The Hall–Kier alpha value is -1.90. The molecule has 110 valence electrons. The molecule has 1 saturated carbocycles. The van der Waals surface area contributed by atoms with Crippen molar-refractivity contribution in [2.24, 2.45) is 0 Å². The summed E-state index contributed by atoms with van der Waals surface area (Å²) in [5, 5.41) is 0. The predicted octanol–water partition coefficient (Wildman–Crippen LogP) is 3.07. The highest BCUT2D eigenvalue weighted by Gasteiger charge is 2.33. The highest BCUT2D eigenvalue weighted by molar-refractivity contribution is 6.22. The number of hydrogen-bond acceptors (Lipinski definition) is 3. The maximum absolute atomic E-state index is 12.5. The molecule has 0 N–H and O–H groups in total. The van der Waals surface area contributed by atoms with Gasteiger partial charge in [-0.1, -0.05) is 30.3 Å². The summed E-state index contributed by atoms with van der Waals surface area (Å²) in [6.07, 6.45) is 3.21. The summed E-state index contributed by atoms with van der Waals surface area (Å²) in [4.78, 5) is 27.2. The Bertz CT molecular complexity index is 562. The van der Waals surface area contributed by atoms with E-state index in [1.54, 1.807) is 0 Å². The first-order chi connectivity index (χ1) is 10.2. The summed E-state index contributed by atoms with van der Waals surface area (Å²) < 4.78 is 0. The summed E-state index contributed by atoms with van der Waals surface area (Å²) >= 11 is 0. The van der Waals surface area contributed by atoms with E-state index in [0.717, 1.165) is 37.2 Å². The molecule has 0 spiro atoms. The molecule has 1 aliphatic carbocycles. The van der Waals surface area contributed by atoms with Crippen LogP contribution < -0.4 is 0 Å². The molecule has 21 heavy (non-hydrogen) atoms. The van der Waals surface area contributed by atoms with Crippen molar-refractivity contribution in [2.45, 2.75) is 38.5 Å². The second-order valence-electron chi connectivity index (χ2n) is 6.02. The molecular formula is C18H21NO2. The van der Waals surface area contributed by atoms with Gasteiger partial charge in [0.1, 0.15) is 0 Å². The number of carbonyl (C=O) groups is 2. The van der Waals surface area contributed by atoms with Gasteiger partial charge in [-0.05, 0) is 31.2 Å². The number of nitrogens with zero attached hydrogens (tertiary/aromatic N) is 1. The van der Waals surface area contributed by atoms with Crippen LogP contribution in [0.25, 0.3) is 0 Å². The van der Waals surface area contributed by atoms with Crippen molar-refractivity contribution in [1.82, 2.24) is 4.90 Å². The highest BCUT2D eigenvalue weighted by atomic mass is 16.1. The fraction of sp³-hybridized carbons (Fsp3) is 0.444. The molecule has 1 aromatic rings. The van der Waals surface area contributed by atoms with Gasteiger partial charge in [0, 0.05) is 31.6 Å². The maximum Gasteiger partial charge on any atom is 0.168 e. The van der Waals surface area contributed by atoms with Gasteiger partial charge < -0.3 is 4.90 Å². The third kappa shape index (κ3) is 2.78. The van der Waals surface area contributed by atoms with Gasteiger partial charge in [-0.2, -0.15) is 0 Å². The third-order valence-corrected chi connectivity index (χ3v) is 4.63. The highest BCUT2D eigenvalue weighted by Crippen LogP contribution is 2.33. The van der Waals surface area contributed by atoms with Crippen molar-refractivity contribution in [2.75, 3.05) is 13.1 Å². The number of likely N-dealkylation sites (tertiary alicyclic amines) is 1. The van der Waals surface area contributed by atoms with Crippen LogP contribution in [0.3, 0.4) is 0 Å². The lowest BCUT2D eigenvalue weighted by Gasteiger charge is -2.27. The third-order valence-electron chi connectivity index (χ3n) is 4.63. The maximum atomic E-state index is 12.5. The van der Waals surface area contributed by atoms with Gasteiger partial charge in [-0.3, -0.25) is 9.59 Å². The Labute approximate surface area is 125 Å². The van der Waals surface area contributed by atoms with Crippen LogP contribution in [-0.4, -0.2) is 29.6 Å². The molecule has 1 heterocycles. The number of hydrogen-bond donors (Lipinski definition) is 0. The van der Waals surface area contributed by atoms with Gasteiger partial charge in [-0.25, -0.2) is 0 Å². The molecule has 3 rings (SSSR count). The second kappa shape index (κ2) is 5.84. The zero-order valence-corrected chi connectivity index (χ0v) is 12.5. The molecule has 3 nitrogen and oxygen atoms in total. The first-order valence-corrected chi connectivity index (χ1v) is 7.74. The molecule has 3 heteroatoms. The average Bonchev–Trinajstić information content (AvgIpc) is 3.01. The average molecular weight is 283 g/mol. The molecule has 0 bridgehead atoms. The van der Waals surface area contributed by atoms with E-state index >= 15 is 0 Å². The molecule has 1 aromatic carbocycles. The summed E-state index contributed by atoms with van der Waals surface area (Å²) in [5.74, 6) is 0.0790. The second-order valence-corrected chi connectivity index (χ2v) is 6.02. The Kier molecular flexibility index (Phi) is 3.91. The molecule has 0 radical (unpaired) electrons. The molecule has 1 aliphatic heterocycles. The quantitative estimate of drug-likeness (QED) is 0.618. The smallest absolute Gasteiger partial charge is 0.168 e. The van der Waals surface area contributed by atoms with E-state index in [-0.39, 0.29) is 17.5 Å². The zero-order valence-electron chi connectivity index (χ0n) is 12.5. The normalized spacial score (nSPS) is 22.8. The molecule has 0 aromatic heterocycles. The van der Waals surface area contributed by atoms with E-state index in [1.165, 1.54) is 0 Å². The first-order valence-electron chi connectivity index (χ1n) is 7.74. The fourth-order valence-electron chi connectivity index (χ4n) is 3.45. The van der Waals surface area contributed by atoms with Gasteiger partial charge in [0.15, 0.2) is 11.6 Å². The zero-order chi connectivity index (χ0) is 14.8. The lowest BCUT2D eigenvalue weighted by molar-refractivity contribution is -0.124. The summed E-state index contributed by atoms with van der Waals surface area (Å²) in [6, 6.07) is 9.90.